The predicted octanol–water partition coefficient (Wildman–Crippen LogP) is 2.40. The van der Waals surface area contributed by atoms with Crippen molar-refractivity contribution < 1.29 is 37.4 Å². The van der Waals surface area contributed by atoms with Gasteiger partial charge in [-0.1, -0.05) is 26.0 Å². The summed E-state index contributed by atoms with van der Waals surface area (Å²) in [4.78, 5) is 23.0. The van der Waals surface area contributed by atoms with E-state index in [4.69, 9.17) is 15.1 Å². The summed E-state index contributed by atoms with van der Waals surface area (Å²) in [7, 11) is -4.28. The molecule has 1 unspecified atom stereocenters. The molecule has 0 aliphatic heterocycles. The van der Waals surface area contributed by atoms with Crippen LogP contribution >= 0.6 is 0 Å². The molecule has 2 aromatic carbocycles. The van der Waals surface area contributed by atoms with Crippen molar-refractivity contribution in [1.29, 1.82) is 0 Å². The normalized spacial score (nSPS) is 12.6. The van der Waals surface area contributed by atoms with Gasteiger partial charge in [0.1, 0.15) is 24.2 Å². The molecule has 0 radical (unpaired) electrons. The van der Waals surface area contributed by atoms with E-state index in [1.165, 1.54) is 41.9 Å². The van der Waals surface area contributed by atoms with E-state index in [0.29, 0.717) is 5.75 Å². The highest BCUT2D eigenvalue weighted by atomic mass is 32.2. The van der Waals surface area contributed by atoms with Crippen LogP contribution in [-0.4, -0.2) is 47.5 Å². The summed E-state index contributed by atoms with van der Waals surface area (Å²) in [5, 5.41) is 18.1. The summed E-state index contributed by atoms with van der Waals surface area (Å²) in [5.74, 6) is -2.76. The number of ether oxygens (including phenoxy) is 1. The maximum atomic E-state index is 13.2. The molecule has 0 saturated carbocycles. The van der Waals surface area contributed by atoms with Gasteiger partial charge in [-0.2, -0.15) is 4.31 Å². The molecule has 2 rings (SSSR count). The third-order valence-corrected chi connectivity index (χ3v) is 6.51. The first-order valence-electron chi connectivity index (χ1n) is 9.71. The lowest BCUT2D eigenvalue weighted by Gasteiger charge is -2.31. The summed E-state index contributed by atoms with van der Waals surface area (Å²) in [6.45, 7) is 2.84. The number of nitrogens with zero attached hydrogens (tertiary/aromatic N) is 1. The van der Waals surface area contributed by atoms with E-state index < -0.39 is 46.8 Å². The second-order valence-corrected chi connectivity index (χ2v) is 9.20. The highest BCUT2D eigenvalue weighted by molar-refractivity contribution is 7.89. The number of carboxylic acid groups (broad SMARTS) is 1. The van der Waals surface area contributed by atoms with Gasteiger partial charge in [0.2, 0.25) is 10.0 Å². The van der Waals surface area contributed by atoms with Crippen LogP contribution in [0.25, 0.3) is 0 Å². The Hall–Kier alpha value is -3.02. The van der Waals surface area contributed by atoms with E-state index in [0.717, 1.165) is 9.87 Å². The van der Waals surface area contributed by atoms with Crippen molar-refractivity contribution >= 4 is 21.9 Å². The zero-order chi connectivity index (χ0) is 23.9. The topological polar surface area (TPSA) is 133 Å². The molecule has 0 spiro atoms. The van der Waals surface area contributed by atoms with Crippen molar-refractivity contribution in [3.8, 4) is 5.75 Å². The monoisotopic (exact) mass is 468 g/mol. The summed E-state index contributed by atoms with van der Waals surface area (Å²) in [6.07, 6.45) is -0.528. The van der Waals surface area contributed by atoms with Crippen LogP contribution in [0.15, 0.2) is 53.4 Å². The molecule has 32 heavy (non-hydrogen) atoms. The molecule has 174 valence electrons. The van der Waals surface area contributed by atoms with Crippen LogP contribution in [0, 0.1) is 11.7 Å². The average Bonchev–Trinajstić information content (AvgIpc) is 2.75. The minimum atomic E-state index is -4.28. The average molecular weight is 469 g/mol. The minimum Gasteiger partial charge on any atom is -0.489 e. The molecule has 11 heteroatoms. The molecule has 9 nitrogen and oxygen atoms in total. The third kappa shape index (κ3) is 6.49. The van der Waals surface area contributed by atoms with Gasteiger partial charge in [-0.25, -0.2) is 18.3 Å². The molecule has 0 bridgehead atoms. The van der Waals surface area contributed by atoms with Crippen LogP contribution in [-0.2, 0) is 26.2 Å². The smallest absolute Gasteiger partial charge is 0.304 e. The zero-order valence-corrected chi connectivity index (χ0v) is 18.4. The predicted molar refractivity (Wildman–Crippen MR) is 112 cm³/mol. The number of benzene rings is 2. The number of sulfonamides is 1. The van der Waals surface area contributed by atoms with Gasteiger partial charge in [-0.3, -0.25) is 14.8 Å². The van der Waals surface area contributed by atoms with Gasteiger partial charge in [0.25, 0.3) is 5.91 Å². The van der Waals surface area contributed by atoms with E-state index >= 15 is 0 Å². The standard InChI is InChI=1S/C21H25FN2O7S/c1-14(2)20(21(27)23-28)24(12-11-19(25)26)32(29,30)18-9-7-17(8-10-18)31-13-15-3-5-16(22)6-4-15/h3-10,14,20,28H,11-13H2,1-2H3,(H,23,27)(H,25,26). The lowest BCUT2D eigenvalue weighted by molar-refractivity contribution is -0.139. The Kier molecular flexibility index (Phi) is 8.70. The lowest BCUT2D eigenvalue weighted by Crippen LogP contribution is -2.52. The van der Waals surface area contributed by atoms with Crippen molar-refractivity contribution in [3.05, 3.63) is 59.9 Å². The number of rotatable bonds is 11. The van der Waals surface area contributed by atoms with Crippen molar-refractivity contribution in [2.24, 2.45) is 5.92 Å². The fourth-order valence-corrected chi connectivity index (χ4v) is 4.76. The molecular weight excluding hydrogens is 443 g/mol. The van der Waals surface area contributed by atoms with Crippen LogP contribution in [0.5, 0.6) is 5.75 Å². The highest BCUT2D eigenvalue weighted by Crippen LogP contribution is 2.25. The molecule has 3 N–H and O–H groups in total. The van der Waals surface area contributed by atoms with Crippen molar-refractivity contribution in [2.75, 3.05) is 6.54 Å². The van der Waals surface area contributed by atoms with Crippen LogP contribution in [0.4, 0.5) is 4.39 Å². The molecule has 1 amide bonds. The number of aliphatic carboxylic acids is 1. The van der Waals surface area contributed by atoms with E-state index in [1.807, 2.05) is 0 Å². The van der Waals surface area contributed by atoms with Crippen LogP contribution < -0.4 is 10.2 Å². The number of halogens is 1. The number of nitrogens with one attached hydrogen (secondary N) is 1. The Labute approximate surface area is 185 Å². The van der Waals surface area contributed by atoms with Crippen molar-refractivity contribution in [1.82, 2.24) is 9.79 Å². The number of carbonyl (C=O) groups excluding carboxylic acids is 1. The SMILES string of the molecule is CC(C)C(C(=O)NO)N(CCC(=O)O)S(=O)(=O)c1ccc(OCc2ccc(F)cc2)cc1. The largest absolute Gasteiger partial charge is 0.489 e. The van der Waals surface area contributed by atoms with Gasteiger partial charge in [-0.15, -0.1) is 0 Å². The van der Waals surface area contributed by atoms with Gasteiger partial charge in [0.05, 0.1) is 11.3 Å². The van der Waals surface area contributed by atoms with E-state index in [9.17, 15) is 22.4 Å². The lowest BCUT2D eigenvalue weighted by atomic mass is 10.0. The number of amides is 1. The number of hydroxylamine groups is 1. The first-order valence-corrected chi connectivity index (χ1v) is 11.1. The van der Waals surface area contributed by atoms with Gasteiger partial charge in [0.15, 0.2) is 0 Å². The van der Waals surface area contributed by atoms with Gasteiger partial charge < -0.3 is 9.84 Å². The quantitative estimate of drug-likeness (QED) is 0.341. The molecule has 0 heterocycles. The first kappa shape index (κ1) is 25.2. The minimum absolute atomic E-state index is 0.142. The summed E-state index contributed by atoms with van der Waals surface area (Å²) in [6, 6.07) is 9.79. The molecule has 1 atom stereocenters. The Bertz CT molecular complexity index is 1030. The van der Waals surface area contributed by atoms with Crippen molar-refractivity contribution in [3.63, 3.8) is 0 Å². The summed E-state index contributed by atoms with van der Waals surface area (Å²) >= 11 is 0. The van der Waals surface area contributed by atoms with E-state index in [1.54, 1.807) is 26.0 Å². The maximum absolute atomic E-state index is 13.2. The van der Waals surface area contributed by atoms with Crippen LogP contribution in [0.1, 0.15) is 25.8 Å². The van der Waals surface area contributed by atoms with E-state index in [-0.39, 0.29) is 17.3 Å². The molecular formula is C21H25FN2O7S. The molecule has 0 fully saturated rings. The van der Waals surface area contributed by atoms with Gasteiger partial charge >= 0.3 is 5.97 Å². The fourth-order valence-electron chi connectivity index (χ4n) is 3.04. The van der Waals surface area contributed by atoms with Gasteiger partial charge in [0, 0.05) is 6.54 Å². The molecule has 0 saturated heterocycles. The van der Waals surface area contributed by atoms with E-state index in [2.05, 4.69) is 0 Å². The van der Waals surface area contributed by atoms with Crippen LogP contribution in [0.2, 0.25) is 0 Å². The molecule has 0 aliphatic carbocycles. The van der Waals surface area contributed by atoms with Gasteiger partial charge in [-0.05, 0) is 47.9 Å². The number of carboxylic acids is 1. The Balaban J connectivity index is 2.26. The highest BCUT2D eigenvalue weighted by Gasteiger charge is 2.38. The molecule has 2 aromatic rings. The molecule has 0 aromatic heterocycles. The van der Waals surface area contributed by atoms with Crippen LogP contribution in [0.3, 0.4) is 0 Å². The number of carbonyl (C=O) groups is 2. The van der Waals surface area contributed by atoms with Crippen molar-refractivity contribution in [2.45, 2.75) is 37.8 Å². The second-order valence-electron chi connectivity index (χ2n) is 7.31. The third-order valence-electron chi connectivity index (χ3n) is 4.62. The second kappa shape index (κ2) is 11.0. The summed E-state index contributed by atoms with van der Waals surface area (Å²) < 4.78 is 45.8. The number of hydrogen-bond acceptors (Lipinski definition) is 6. The first-order chi connectivity index (χ1) is 15.1. The Morgan fingerprint density at radius 1 is 1.09 bits per heavy atom. The molecule has 0 aliphatic rings. The zero-order valence-electron chi connectivity index (χ0n) is 17.6. The maximum Gasteiger partial charge on any atom is 0.304 e. The Morgan fingerprint density at radius 3 is 2.19 bits per heavy atom. The fraction of sp³-hybridized carbons (Fsp3) is 0.333. The Morgan fingerprint density at radius 2 is 1.69 bits per heavy atom. The summed E-state index contributed by atoms with van der Waals surface area (Å²) in [5.41, 5.74) is 2.17. The number of hydrogen-bond donors (Lipinski definition) is 3.